The molecule has 0 fully saturated rings. The van der Waals surface area contributed by atoms with Crippen LogP contribution in [-0.2, 0) is 0 Å². The summed E-state index contributed by atoms with van der Waals surface area (Å²) in [7, 11) is 0. The van der Waals surface area contributed by atoms with E-state index in [1.807, 2.05) is 50.3 Å². The fourth-order valence-electron chi connectivity index (χ4n) is 4.43. The summed E-state index contributed by atoms with van der Waals surface area (Å²) in [5, 5.41) is 36.0. The molecule has 2 rings (SSSR count). The molecule has 2 aromatic carbocycles. The fourth-order valence-corrected chi connectivity index (χ4v) is 4.43. The van der Waals surface area contributed by atoms with E-state index in [-0.39, 0.29) is 11.1 Å². The molecule has 0 aliphatic carbocycles. The van der Waals surface area contributed by atoms with E-state index in [9.17, 15) is 0 Å². The molecule has 6 nitrogen and oxygen atoms in total. The Morgan fingerprint density at radius 1 is 0.632 bits per heavy atom. The van der Waals surface area contributed by atoms with Crippen molar-refractivity contribution < 1.29 is 0 Å². The van der Waals surface area contributed by atoms with Crippen LogP contribution >= 0.6 is 0 Å². The van der Waals surface area contributed by atoms with E-state index in [0.717, 1.165) is 74.1 Å². The molecule has 0 radical (unpaired) electrons. The van der Waals surface area contributed by atoms with Gasteiger partial charge in [0.2, 0.25) is 0 Å². The van der Waals surface area contributed by atoms with Crippen molar-refractivity contribution in [1.82, 2.24) is 0 Å². The average molecular weight is 505 g/mol. The molecule has 0 saturated carbocycles. The lowest BCUT2D eigenvalue weighted by Crippen LogP contribution is -2.25. The van der Waals surface area contributed by atoms with Gasteiger partial charge in [0.25, 0.3) is 0 Å². The van der Waals surface area contributed by atoms with Gasteiger partial charge < -0.3 is 9.80 Å². The maximum absolute atomic E-state index is 9.01. The largest absolute Gasteiger partial charge is 0.372 e. The lowest BCUT2D eigenvalue weighted by atomic mass is 10.0. The number of unbranched alkanes of at least 4 members (excludes halogenated alkanes) is 3. The third-order valence-corrected chi connectivity index (χ3v) is 6.69. The van der Waals surface area contributed by atoms with Crippen LogP contribution in [0.3, 0.4) is 0 Å². The van der Waals surface area contributed by atoms with Gasteiger partial charge in [-0.15, -0.1) is 0 Å². The van der Waals surface area contributed by atoms with Crippen LogP contribution in [0.5, 0.6) is 0 Å². The van der Waals surface area contributed by atoms with Crippen molar-refractivity contribution in [1.29, 1.82) is 21.0 Å². The number of rotatable bonds is 13. The monoisotopic (exact) mass is 504 g/mol. The van der Waals surface area contributed by atoms with Gasteiger partial charge in [-0.05, 0) is 99.2 Å². The predicted octanol–water partition coefficient (Wildman–Crippen LogP) is 7.08. The van der Waals surface area contributed by atoms with Crippen LogP contribution in [0.25, 0.3) is 12.2 Å². The van der Waals surface area contributed by atoms with Crippen LogP contribution in [-0.4, -0.2) is 26.2 Å². The summed E-state index contributed by atoms with van der Waals surface area (Å²) in [6.07, 6.45) is 7.84. The van der Waals surface area contributed by atoms with Gasteiger partial charge in [0.1, 0.15) is 35.4 Å². The van der Waals surface area contributed by atoms with Crippen molar-refractivity contribution in [2.45, 2.75) is 53.4 Å². The maximum atomic E-state index is 9.01. The van der Waals surface area contributed by atoms with Crippen molar-refractivity contribution in [3.63, 3.8) is 0 Å². The number of benzene rings is 2. The van der Waals surface area contributed by atoms with Crippen LogP contribution in [0.4, 0.5) is 11.4 Å². The van der Waals surface area contributed by atoms with E-state index < -0.39 is 0 Å². The molecule has 0 atom stereocenters. The minimum atomic E-state index is 0.115. The van der Waals surface area contributed by atoms with Crippen molar-refractivity contribution in [3.05, 3.63) is 69.8 Å². The summed E-state index contributed by atoms with van der Waals surface area (Å²) < 4.78 is 0. The zero-order valence-electron chi connectivity index (χ0n) is 23.0. The van der Waals surface area contributed by atoms with Crippen LogP contribution < -0.4 is 9.80 Å². The quantitative estimate of drug-likeness (QED) is 0.213. The van der Waals surface area contributed by atoms with Crippen LogP contribution in [0.2, 0.25) is 0 Å². The Morgan fingerprint density at radius 2 is 1.00 bits per heavy atom. The number of hydrogen-bond acceptors (Lipinski definition) is 6. The zero-order valence-corrected chi connectivity index (χ0v) is 23.0. The van der Waals surface area contributed by atoms with Crippen LogP contribution in [0.15, 0.2) is 47.5 Å². The Balaban J connectivity index is 1.87. The van der Waals surface area contributed by atoms with Crippen molar-refractivity contribution >= 4 is 23.5 Å². The predicted molar refractivity (Wildman–Crippen MR) is 155 cm³/mol. The molecule has 0 spiro atoms. The molecule has 38 heavy (non-hydrogen) atoms. The number of nitrogens with zero attached hydrogens (tertiary/aromatic N) is 6. The van der Waals surface area contributed by atoms with Crippen LogP contribution in [0.1, 0.15) is 61.8 Å². The van der Waals surface area contributed by atoms with E-state index in [1.165, 1.54) is 11.4 Å². The lowest BCUT2D eigenvalue weighted by Gasteiger charge is -2.25. The molecule has 0 aliphatic heterocycles. The molecule has 0 aromatic heterocycles. The molecule has 6 heteroatoms. The molecule has 0 amide bonds. The summed E-state index contributed by atoms with van der Waals surface area (Å²) >= 11 is 0. The molecule has 0 bridgehead atoms. The maximum Gasteiger partial charge on any atom is 0.130 e. The van der Waals surface area contributed by atoms with E-state index in [0.29, 0.717) is 0 Å². The highest BCUT2D eigenvalue weighted by atomic mass is 15.1. The zero-order chi connectivity index (χ0) is 27.9. The number of hydrogen-bond donors (Lipinski definition) is 0. The summed E-state index contributed by atoms with van der Waals surface area (Å²) in [4.78, 5) is 4.74. The average Bonchev–Trinajstić information content (AvgIpc) is 2.93. The Kier molecular flexibility index (Phi) is 12.2. The second-order valence-electron chi connectivity index (χ2n) is 9.22. The molecule has 0 heterocycles. The Labute approximate surface area is 227 Å². The smallest absolute Gasteiger partial charge is 0.130 e. The van der Waals surface area contributed by atoms with Gasteiger partial charge in [-0.25, -0.2) is 0 Å². The summed E-state index contributed by atoms with van der Waals surface area (Å²) in [6.45, 7) is 12.2. The Bertz CT molecular complexity index is 1190. The lowest BCUT2D eigenvalue weighted by molar-refractivity contribution is 0.619. The van der Waals surface area contributed by atoms with Gasteiger partial charge in [0, 0.05) is 37.6 Å². The van der Waals surface area contributed by atoms with Crippen molar-refractivity contribution in [2.75, 3.05) is 36.0 Å². The second kappa shape index (κ2) is 15.6. The molecule has 0 aliphatic rings. The van der Waals surface area contributed by atoms with E-state index in [4.69, 9.17) is 21.0 Å². The molecular weight excluding hydrogens is 468 g/mol. The Hall–Kier alpha value is -4.52. The van der Waals surface area contributed by atoms with Gasteiger partial charge in [-0.1, -0.05) is 25.0 Å². The first-order chi connectivity index (χ1) is 18.4. The third kappa shape index (κ3) is 8.55. The summed E-state index contributed by atoms with van der Waals surface area (Å²) in [5.74, 6) is 0. The molecule has 2 aromatic rings. The number of anilines is 2. The van der Waals surface area contributed by atoms with Gasteiger partial charge >= 0.3 is 0 Å². The number of aryl methyl sites for hydroxylation is 2. The molecule has 194 valence electrons. The first-order valence-corrected chi connectivity index (χ1v) is 13.2. The summed E-state index contributed by atoms with van der Waals surface area (Å²) in [5.41, 5.74) is 6.47. The van der Waals surface area contributed by atoms with E-state index >= 15 is 0 Å². The second-order valence-corrected chi connectivity index (χ2v) is 9.22. The van der Waals surface area contributed by atoms with Crippen molar-refractivity contribution in [2.24, 2.45) is 0 Å². The van der Waals surface area contributed by atoms with Gasteiger partial charge in [0.05, 0.1) is 0 Å². The van der Waals surface area contributed by atoms with Gasteiger partial charge in [0.15, 0.2) is 0 Å². The third-order valence-electron chi connectivity index (χ3n) is 6.69. The minimum absolute atomic E-state index is 0.115. The highest BCUT2D eigenvalue weighted by molar-refractivity contribution is 5.67. The topological polar surface area (TPSA) is 102 Å². The fraction of sp³-hybridized carbons (Fsp3) is 0.375. The standard InChI is InChI=1S/C32H36N6/c1-5-37(31-13-11-29(25(3)17-31)19-27(21-33)22-34)15-9-7-8-10-16-38(6-2)32-14-12-30(26(4)18-32)20-28(23-35)24-36/h11-14,17-20H,5-10,15-16H2,1-4H3. The SMILES string of the molecule is CCN(CCCCCCN(CC)c1ccc(C=C(C#N)C#N)c(C)c1)c1ccc(C=C(C#N)C#N)c(C)c1. The van der Waals surface area contributed by atoms with Gasteiger partial charge in [-0.3, -0.25) is 0 Å². The normalized spacial score (nSPS) is 9.79. The number of nitriles is 4. The Morgan fingerprint density at radius 3 is 1.29 bits per heavy atom. The first kappa shape index (κ1) is 29.7. The van der Waals surface area contributed by atoms with Crippen molar-refractivity contribution in [3.8, 4) is 24.3 Å². The molecule has 0 N–H and O–H groups in total. The number of allylic oxidation sites excluding steroid dienone is 2. The van der Waals surface area contributed by atoms with E-state index in [1.54, 1.807) is 12.2 Å². The molecule has 0 unspecified atom stereocenters. The first-order valence-electron chi connectivity index (χ1n) is 13.2. The summed E-state index contributed by atoms with van der Waals surface area (Å²) in [6, 6.07) is 20.0. The van der Waals surface area contributed by atoms with Gasteiger partial charge in [-0.2, -0.15) is 21.0 Å². The highest BCUT2D eigenvalue weighted by Gasteiger charge is 2.09. The van der Waals surface area contributed by atoms with E-state index in [2.05, 4.69) is 47.9 Å². The highest BCUT2D eigenvalue weighted by Crippen LogP contribution is 2.23. The molecular formula is C32H36N6. The minimum Gasteiger partial charge on any atom is -0.372 e. The van der Waals surface area contributed by atoms with Crippen LogP contribution in [0, 0.1) is 59.2 Å². The molecule has 0 saturated heterocycles.